The third kappa shape index (κ3) is 14.4. The predicted octanol–water partition coefficient (Wildman–Crippen LogP) is 5.18. The first-order valence-corrected chi connectivity index (χ1v) is 6.77. The lowest BCUT2D eigenvalue weighted by Gasteiger charge is -2.04. The van der Waals surface area contributed by atoms with Crippen LogP contribution >= 0.6 is 12.0 Å². The van der Waals surface area contributed by atoms with Gasteiger partial charge in [-0.25, -0.2) is 0 Å². The molecule has 0 radical (unpaired) electrons. The van der Waals surface area contributed by atoms with Crippen LogP contribution in [0.1, 0.15) is 59.8 Å². The van der Waals surface area contributed by atoms with E-state index in [4.69, 9.17) is 4.18 Å². The molecule has 0 bridgehead atoms. The Labute approximate surface area is 94.5 Å². The normalized spacial score (nSPS) is 10.5. The van der Waals surface area contributed by atoms with Crippen LogP contribution in [0.3, 0.4) is 0 Å². The van der Waals surface area contributed by atoms with Crippen LogP contribution in [0.4, 0.5) is 0 Å². The van der Waals surface area contributed by atoms with Crippen molar-refractivity contribution in [2.24, 2.45) is 0 Å². The molecule has 0 rings (SSSR count). The summed E-state index contributed by atoms with van der Waals surface area (Å²) in [6.07, 6.45) is 10.2. The lowest BCUT2D eigenvalue weighted by Crippen LogP contribution is -1.84. The summed E-state index contributed by atoms with van der Waals surface area (Å²) in [6.45, 7) is 8.49. The van der Waals surface area contributed by atoms with Crippen LogP contribution in [0, 0.1) is 0 Å². The average Bonchev–Trinajstić information content (AvgIpc) is 2.18. The van der Waals surface area contributed by atoms with Crippen molar-refractivity contribution < 1.29 is 4.18 Å². The zero-order valence-corrected chi connectivity index (χ0v) is 11.2. The summed E-state index contributed by atoms with van der Waals surface area (Å²) >= 11 is 1.42. The highest BCUT2D eigenvalue weighted by Gasteiger charge is 1.95. The molecule has 86 valence electrons. The molecule has 0 aromatic rings. The van der Waals surface area contributed by atoms with Crippen molar-refractivity contribution in [3.05, 3.63) is 11.8 Å². The van der Waals surface area contributed by atoms with E-state index in [1.807, 2.05) is 19.3 Å². The molecule has 0 saturated heterocycles. The Balaban J connectivity index is 0. The van der Waals surface area contributed by atoms with Crippen molar-refractivity contribution in [1.29, 1.82) is 0 Å². The zero-order valence-electron chi connectivity index (χ0n) is 10.4. The SMILES string of the molecule is C/C=C(/CCCCC)OSC.CCC. The van der Waals surface area contributed by atoms with E-state index in [-0.39, 0.29) is 0 Å². The van der Waals surface area contributed by atoms with Gasteiger partial charge >= 0.3 is 0 Å². The molecule has 0 saturated carbocycles. The number of hydrogen-bond acceptors (Lipinski definition) is 2. The van der Waals surface area contributed by atoms with Gasteiger partial charge in [0.2, 0.25) is 0 Å². The summed E-state index contributed by atoms with van der Waals surface area (Å²) in [5, 5.41) is 0. The molecular weight excluding hydrogens is 192 g/mol. The van der Waals surface area contributed by atoms with E-state index in [2.05, 4.69) is 20.8 Å². The molecule has 0 spiro atoms. The molecule has 0 fully saturated rings. The Morgan fingerprint density at radius 1 is 1.21 bits per heavy atom. The maximum Gasteiger partial charge on any atom is 0.110 e. The number of hydrogen-bond donors (Lipinski definition) is 0. The van der Waals surface area contributed by atoms with Gasteiger partial charge in [-0.2, -0.15) is 0 Å². The van der Waals surface area contributed by atoms with Gasteiger partial charge < -0.3 is 4.18 Å². The van der Waals surface area contributed by atoms with Gasteiger partial charge in [0.15, 0.2) is 0 Å². The van der Waals surface area contributed by atoms with E-state index in [1.165, 1.54) is 37.7 Å². The summed E-state index contributed by atoms with van der Waals surface area (Å²) in [7, 11) is 0. The Bertz CT molecular complexity index is 121. The second-order valence-electron chi connectivity index (χ2n) is 3.17. The fourth-order valence-electron chi connectivity index (χ4n) is 0.890. The molecule has 2 heteroatoms. The van der Waals surface area contributed by atoms with Crippen LogP contribution in [-0.4, -0.2) is 6.26 Å². The van der Waals surface area contributed by atoms with Gasteiger partial charge in [-0.15, -0.1) is 0 Å². The van der Waals surface area contributed by atoms with Gasteiger partial charge in [-0.05, 0) is 19.4 Å². The molecule has 0 aliphatic rings. The van der Waals surface area contributed by atoms with E-state index in [0.29, 0.717) is 0 Å². The Morgan fingerprint density at radius 3 is 2.14 bits per heavy atom. The van der Waals surface area contributed by atoms with Gasteiger partial charge in [0, 0.05) is 12.7 Å². The van der Waals surface area contributed by atoms with Crippen molar-refractivity contribution in [2.45, 2.75) is 59.8 Å². The minimum Gasteiger partial charge on any atom is -0.431 e. The maximum atomic E-state index is 5.32. The minimum atomic E-state index is 1.09. The molecular formula is C12H26OS. The van der Waals surface area contributed by atoms with E-state index in [0.717, 1.165) is 12.2 Å². The molecule has 0 atom stereocenters. The molecule has 14 heavy (non-hydrogen) atoms. The van der Waals surface area contributed by atoms with Gasteiger partial charge in [0.1, 0.15) is 5.76 Å². The topological polar surface area (TPSA) is 9.23 Å². The van der Waals surface area contributed by atoms with E-state index in [9.17, 15) is 0 Å². The van der Waals surface area contributed by atoms with Crippen LogP contribution in [0.5, 0.6) is 0 Å². The maximum absolute atomic E-state index is 5.32. The zero-order chi connectivity index (χ0) is 11.2. The molecule has 0 amide bonds. The predicted molar refractivity (Wildman–Crippen MR) is 68.5 cm³/mol. The van der Waals surface area contributed by atoms with Crippen molar-refractivity contribution in [2.75, 3.05) is 6.26 Å². The second kappa shape index (κ2) is 15.4. The molecule has 0 N–H and O–H groups in total. The minimum absolute atomic E-state index is 1.09. The fraction of sp³-hybridized carbons (Fsp3) is 0.833. The van der Waals surface area contributed by atoms with Crippen LogP contribution in [0.15, 0.2) is 11.8 Å². The van der Waals surface area contributed by atoms with E-state index in [1.54, 1.807) is 0 Å². The van der Waals surface area contributed by atoms with Crippen molar-refractivity contribution >= 4 is 12.0 Å². The van der Waals surface area contributed by atoms with E-state index < -0.39 is 0 Å². The largest absolute Gasteiger partial charge is 0.431 e. The molecule has 0 aliphatic carbocycles. The first-order valence-electron chi connectivity index (χ1n) is 5.62. The Kier molecular flexibility index (Phi) is 17.9. The average molecular weight is 218 g/mol. The fourth-order valence-corrected chi connectivity index (χ4v) is 1.28. The van der Waals surface area contributed by atoms with Crippen LogP contribution in [-0.2, 0) is 4.18 Å². The lowest BCUT2D eigenvalue weighted by molar-refractivity contribution is 0.458. The third-order valence-electron chi connectivity index (χ3n) is 1.54. The summed E-state index contributed by atoms with van der Waals surface area (Å²) in [4.78, 5) is 0. The van der Waals surface area contributed by atoms with Crippen molar-refractivity contribution in [3.63, 3.8) is 0 Å². The molecule has 1 nitrogen and oxygen atoms in total. The second-order valence-corrected chi connectivity index (χ2v) is 3.67. The summed E-state index contributed by atoms with van der Waals surface area (Å²) in [5.74, 6) is 1.12. The van der Waals surface area contributed by atoms with Gasteiger partial charge in [-0.1, -0.05) is 40.0 Å². The lowest BCUT2D eigenvalue weighted by atomic mass is 10.2. The van der Waals surface area contributed by atoms with Crippen molar-refractivity contribution in [3.8, 4) is 0 Å². The quantitative estimate of drug-likeness (QED) is 0.345. The van der Waals surface area contributed by atoms with Gasteiger partial charge in [0.25, 0.3) is 0 Å². The smallest absolute Gasteiger partial charge is 0.110 e. The Morgan fingerprint density at radius 2 is 1.79 bits per heavy atom. The van der Waals surface area contributed by atoms with Crippen LogP contribution < -0.4 is 0 Å². The highest BCUT2D eigenvalue weighted by Crippen LogP contribution is 2.14. The highest BCUT2D eigenvalue weighted by molar-refractivity contribution is 7.94. The summed E-state index contributed by atoms with van der Waals surface area (Å²) in [5.41, 5.74) is 0. The number of rotatable bonds is 6. The molecule has 0 heterocycles. The van der Waals surface area contributed by atoms with Crippen LogP contribution in [0.25, 0.3) is 0 Å². The molecule has 0 aliphatic heterocycles. The molecule has 0 unspecified atom stereocenters. The monoisotopic (exact) mass is 218 g/mol. The third-order valence-corrected chi connectivity index (χ3v) is 1.92. The molecule has 0 aromatic carbocycles. The van der Waals surface area contributed by atoms with Crippen LogP contribution in [0.2, 0.25) is 0 Å². The number of allylic oxidation sites excluding steroid dienone is 2. The van der Waals surface area contributed by atoms with Gasteiger partial charge in [0.05, 0.1) is 12.0 Å². The first-order chi connectivity index (χ1) is 6.76. The van der Waals surface area contributed by atoms with Crippen molar-refractivity contribution in [1.82, 2.24) is 0 Å². The summed E-state index contributed by atoms with van der Waals surface area (Å²) < 4.78 is 5.32. The first kappa shape index (κ1) is 16.3. The number of unbranched alkanes of at least 4 members (excludes halogenated alkanes) is 2. The van der Waals surface area contributed by atoms with E-state index >= 15 is 0 Å². The van der Waals surface area contributed by atoms with Gasteiger partial charge in [-0.3, -0.25) is 0 Å². The summed E-state index contributed by atoms with van der Waals surface area (Å²) in [6, 6.07) is 0. The standard InChI is InChI=1S/C9H18OS.C3H8/c1-4-6-7-8-9(5-2)10-11-3;1-3-2/h5H,4,6-8H2,1-3H3;3H2,1-2H3/b9-5-;. The highest BCUT2D eigenvalue weighted by atomic mass is 32.2. The Hall–Kier alpha value is -0.110. The molecule has 0 aromatic heterocycles.